The van der Waals surface area contributed by atoms with Gasteiger partial charge in [0.05, 0.1) is 14.2 Å². The Kier molecular flexibility index (Phi) is 6.76. The average Bonchev–Trinajstić information content (AvgIpc) is 2.66. The monoisotopic (exact) mass is 372 g/mol. The maximum Gasteiger partial charge on any atom is 0.342 e. The number of hydrogen-bond acceptors (Lipinski definition) is 6. The Morgan fingerprint density at radius 1 is 0.889 bits per heavy atom. The van der Waals surface area contributed by atoms with Crippen LogP contribution in [-0.2, 0) is 14.3 Å². The van der Waals surface area contributed by atoms with E-state index in [4.69, 9.17) is 14.2 Å². The summed E-state index contributed by atoms with van der Waals surface area (Å²) >= 11 is 0. The van der Waals surface area contributed by atoms with E-state index in [1.54, 1.807) is 36.4 Å². The van der Waals surface area contributed by atoms with Gasteiger partial charge in [0.2, 0.25) is 5.91 Å². The molecule has 0 radical (unpaired) electrons. The second-order valence-corrected chi connectivity index (χ2v) is 5.42. The second kappa shape index (κ2) is 9.23. The highest BCUT2D eigenvalue weighted by Gasteiger charge is 2.18. The zero-order chi connectivity index (χ0) is 19.8. The number of amides is 2. The first kappa shape index (κ1) is 19.8. The first-order valence-corrected chi connectivity index (χ1v) is 8.00. The van der Waals surface area contributed by atoms with E-state index in [1.807, 2.05) is 0 Å². The van der Waals surface area contributed by atoms with Crippen LogP contribution in [0.15, 0.2) is 42.5 Å². The Balaban J connectivity index is 1.94. The topological polar surface area (TPSA) is 103 Å². The van der Waals surface area contributed by atoms with Crippen molar-refractivity contribution in [2.75, 3.05) is 31.5 Å². The summed E-state index contributed by atoms with van der Waals surface area (Å²) in [5.41, 5.74) is 1.27. The number of methoxy groups -OCH3 is 2. The molecule has 0 saturated carbocycles. The van der Waals surface area contributed by atoms with Crippen LogP contribution in [0.2, 0.25) is 0 Å². The predicted octanol–water partition coefficient (Wildman–Crippen LogP) is 2.46. The highest BCUT2D eigenvalue weighted by Crippen LogP contribution is 2.31. The smallest absolute Gasteiger partial charge is 0.342 e. The Morgan fingerprint density at radius 3 is 2.07 bits per heavy atom. The van der Waals surface area contributed by atoms with Crippen molar-refractivity contribution >= 4 is 29.2 Å². The van der Waals surface area contributed by atoms with Crippen LogP contribution in [0.4, 0.5) is 11.4 Å². The number of carbonyl (C=O) groups excluding carboxylic acids is 3. The lowest BCUT2D eigenvalue weighted by molar-refractivity contribution is -0.119. The molecule has 27 heavy (non-hydrogen) atoms. The van der Waals surface area contributed by atoms with E-state index in [0.29, 0.717) is 17.1 Å². The summed E-state index contributed by atoms with van der Waals surface area (Å²) < 4.78 is 15.3. The molecule has 0 spiro atoms. The van der Waals surface area contributed by atoms with Crippen LogP contribution in [0.5, 0.6) is 11.5 Å². The molecule has 0 bridgehead atoms. The first-order valence-electron chi connectivity index (χ1n) is 8.00. The van der Waals surface area contributed by atoms with Gasteiger partial charge in [-0.2, -0.15) is 0 Å². The van der Waals surface area contributed by atoms with Crippen LogP contribution >= 0.6 is 0 Å². The maximum absolute atomic E-state index is 12.2. The minimum atomic E-state index is -0.707. The minimum absolute atomic E-state index is 0.157. The van der Waals surface area contributed by atoms with Crippen molar-refractivity contribution < 1.29 is 28.6 Å². The number of carbonyl (C=O) groups is 3. The average molecular weight is 372 g/mol. The van der Waals surface area contributed by atoms with Crippen LogP contribution in [-0.4, -0.2) is 38.6 Å². The molecule has 0 aliphatic heterocycles. The van der Waals surface area contributed by atoms with Gasteiger partial charge in [-0.25, -0.2) is 4.79 Å². The molecule has 0 aliphatic carbocycles. The van der Waals surface area contributed by atoms with E-state index < -0.39 is 18.5 Å². The third kappa shape index (κ3) is 5.46. The van der Waals surface area contributed by atoms with Crippen LogP contribution in [0.1, 0.15) is 17.3 Å². The quantitative estimate of drug-likeness (QED) is 0.724. The molecule has 8 heteroatoms. The molecule has 0 saturated heterocycles. The molecule has 2 N–H and O–H groups in total. The van der Waals surface area contributed by atoms with Crippen molar-refractivity contribution in [3.05, 3.63) is 48.0 Å². The zero-order valence-electron chi connectivity index (χ0n) is 15.2. The third-order valence-corrected chi connectivity index (χ3v) is 3.45. The van der Waals surface area contributed by atoms with E-state index in [2.05, 4.69) is 10.6 Å². The highest BCUT2D eigenvalue weighted by molar-refractivity contribution is 5.97. The van der Waals surface area contributed by atoms with Crippen molar-refractivity contribution in [3.63, 3.8) is 0 Å². The molecule has 0 atom stereocenters. The van der Waals surface area contributed by atoms with Crippen LogP contribution in [0, 0.1) is 0 Å². The summed E-state index contributed by atoms with van der Waals surface area (Å²) in [4.78, 5) is 35.2. The molecular formula is C19H20N2O6. The molecule has 0 fully saturated rings. The van der Waals surface area contributed by atoms with E-state index >= 15 is 0 Å². The van der Waals surface area contributed by atoms with Gasteiger partial charge in [0, 0.05) is 18.3 Å². The molecule has 8 nitrogen and oxygen atoms in total. The fourth-order valence-electron chi connectivity index (χ4n) is 2.29. The lowest BCUT2D eigenvalue weighted by Crippen LogP contribution is -2.21. The number of nitrogens with one attached hydrogen (secondary N) is 2. The predicted molar refractivity (Wildman–Crippen MR) is 99.2 cm³/mol. The first-order chi connectivity index (χ1) is 12.9. The molecular weight excluding hydrogens is 352 g/mol. The number of hydrogen-bond donors (Lipinski definition) is 2. The fraction of sp³-hybridized carbons (Fsp3) is 0.211. The molecule has 2 aromatic carbocycles. The van der Waals surface area contributed by atoms with E-state index in [-0.39, 0.29) is 17.2 Å². The van der Waals surface area contributed by atoms with Crippen LogP contribution < -0.4 is 20.1 Å². The Bertz CT molecular complexity index is 833. The van der Waals surface area contributed by atoms with Gasteiger partial charge in [-0.3, -0.25) is 9.59 Å². The van der Waals surface area contributed by atoms with Gasteiger partial charge < -0.3 is 24.8 Å². The molecule has 142 valence electrons. The van der Waals surface area contributed by atoms with Gasteiger partial charge in [-0.15, -0.1) is 0 Å². The van der Waals surface area contributed by atoms with Gasteiger partial charge in [0.25, 0.3) is 5.91 Å². The number of ether oxygens (including phenoxy) is 3. The van der Waals surface area contributed by atoms with Gasteiger partial charge in [-0.05, 0) is 36.4 Å². The number of benzene rings is 2. The SMILES string of the molecule is COc1cccc(C(=O)OCC(=O)Nc2ccc(NC(C)=O)cc2)c1OC. The van der Waals surface area contributed by atoms with Crippen LogP contribution in [0.25, 0.3) is 0 Å². The van der Waals surface area contributed by atoms with Gasteiger partial charge in [0.15, 0.2) is 18.1 Å². The summed E-state index contributed by atoms with van der Waals surface area (Å²) in [7, 11) is 2.86. The summed E-state index contributed by atoms with van der Waals surface area (Å²) in [6.45, 7) is 0.938. The zero-order valence-corrected chi connectivity index (χ0v) is 15.2. The number of anilines is 2. The van der Waals surface area contributed by atoms with E-state index in [9.17, 15) is 14.4 Å². The molecule has 2 amide bonds. The molecule has 0 aromatic heterocycles. The largest absolute Gasteiger partial charge is 0.493 e. The Labute approximate surface area is 156 Å². The third-order valence-electron chi connectivity index (χ3n) is 3.45. The lowest BCUT2D eigenvalue weighted by Gasteiger charge is -2.12. The molecule has 2 aromatic rings. The fourth-order valence-corrected chi connectivity index (χ4v) is 2.29. The number of rotatable bonds is 7. The lowest BCUT2D eigenvalue weighted by atomic mass is 10.2. The minimum Gasteiger partial charge on any atom is -0.493 e. The van der Waals surface area contributed by atoms with E-state index in [0.717, 1.165) is 0 Å². The summed E-state index contributed by atoms with van der Waals surface area (Å²) in [5, 5.41) is 5.22. The summed E-state index contributed by atoms with van der Waals surface area (Å²) in [6.07, 6.45) is 0. The standard InChI is InChI=1S/C19H20N2O6/c1-12(22)20-13-7-9-14(10-8-13)21-17(23)11-27-19(24)15-5-4-6-16(25-2)18(15)26-3/h4-10H,11H2,1-3H3,(H,20,22)(H,21,23). The Hall–Kier alpha value is -3.55. The van der Waals surface area contributed by atoms with Crippen LogP contribution in [0.3, 0.4) is 0 Å². The second-order valence-electron chi connectivity index (χ2n) is 5.42. The summed E-state index contributed by atoms with van der Waals surface area (Å²) in [5.74, 6) is -0.777. The van der Waals surface area contributed by atoms with Gasteiger partial charge in [0.1, 0.15) is 5.56 Å². The summed E-state index contributed by atoms with van der Waals surface area (Å²) in [6, 6.07) is 11.3. The molecule has 2 rings (SSSR count). The van der Waals surface area contributed by atoms with Gasteiger partial charge >= 0.3 is 5.97 Å². The normalized spacial score (nSPS) is 9.89. The molecule has 0 aliphatic rings. The van der Waals surface area contributed by atoms with Gasteiger partial charge in [-0.1, -0.05) is 6.07 Å². The number of esters is 1. The van der Waals surface area contributed by atoms with Crippen molar-refractivity contribution in [1.82, 2.24) is 0 Å². The molecule has 0 heterocycles. The maximum atomic E-state index is 12.2. The highest BCUT2D eigenvalue weighted by atomic mass is 16.5. The van der Waals surface area contributed by atoms with E-state index in [1.165, 1.54) is 27.2 Å². The molecule has 0 unspecified atom stereocenters. The van der Waals surface area contributed by atoms with Crippen molar-refractivity contribution in [3.8, 4) is 11.5 Å². The van der Waals surface area contributed by atoms with Crippen molar-refractivity contribution in [2.45, 2.75) is 6.92 Å². The van der Waals surface area contributed by atoms with Crippen molar-refractivity contribution in [2.24, 2.45) is 0 Å². The Morgan fingerprint density at radius 2 is 1.52 bits per heavy atom. The van der Waals surface area contributed by atoms with Crippen molar-refractivity contribution in [1.29, 1.82) is 0 Å². The number of para-hydroxylation sites is 1.